The normalized spacial score (nSPS) is 14.1. The molecular formula is C12H15F3N2O3. The van der Waals surface area contributed by atoms with Gasteiger partial charge in [0.1, 0.15) is 18.3 Å². The summed E-state index contributed by atoms with van der Waals surface area (Å²) in [6.07, 6.45) is -4.63. The first-order chi connectivity index (χ1) is 9.45. The SMILES string of the molecule is N/C(=N/O)C(COCCOc1ccccc1)C(F)(F)F. The average molecular weight is 292 g/mol. The molecule has 3 N–H and O–H groups in total. The Morgan fingerprint density at radius 1 is 1.25 bits per heavy atom. The first kappa shape index (κ1) is 16.1. The van der Waals surface area contributed by atoms with Gasteiger partial charge in [-0.2, -0.15) is 13.2 Å². The molecule has 0 spiro atoms. The molecule has 8 heteroatoms. The number of rotatable bonds is 7. The molecule has 1 aromatic carbocycles. The van der Waals surface area contributed by atoms with Crippen molar-refractivity contribution < 1.29 is 27.9 Å². The largest absolute Gasteiger partial charge is 0.491 e. The number of hydrogen-bond donors (Lipinski definition) is 2. The number of nitrogens with two attached hydrogens (primary N) is 1. The van der Waals surface area contributed by atoms with Gasteiger partial charge in [-0.15, -0.1) is 0 Å². The third-order valence-electron chi connectivity index (χ3n) is 2.39. The fourth-order valence-corrected chi connectivity index (χ4v) is 1.35. The summed E-state index contributed by atoms with van der Waals surface area (Å²) in [7, 11) is 0. The molecular weight excluding hydrogens is 277 g/mol. The van der Waals surface area contributed by atoms with Crippen LogP contribution in [0, 0.1) is 5.92 Å². The second kappa shape index (κ2) is 7.59. The summed E-state index contributed by atoms with van der Waals surface area (Å²) < 4.78 is 47.7. The van der Waals surface area contributed by atoms with E-state index in [1.165, 1.54) is 0 Å². The number of oxime groups is 1. The molecule has 0 radical (unpaired) electrons. The zero-order valence-corrected chi connectivity index (χ0v) is 10.5. The molecule has 20 heavy (non-hydrogen) atoms. The lowest BCUT2D eigenvalue weighted by Gasteiger charge is -2.18. The Balaban J connectivity index is 2.31. The van der Waals surface area contributed by atoms with Gasteiger partial charge in [0, 0.05) is 0 Å². The van der Waals surface area contributed by atoms with Crippen molar-refractivity contribution in [2.24, 2.45) is 16.8 Å². The number of benzene rings is 1. The van der Waals surface area contributed by atoms with Crippen LogP contribution in [-0.2, 0) is 4.74 Å². The minimum atomic E-state index is -4.63. The third kappa shape index (κ3) is 5.35. The lowest BCUT2D eigenvalue weighted by molar-refractivity contribution is -0.169. The van der Waals surface area contributed by atoms with E-state index < -0.39 is 24.5 Å². The maximum absolute atomic E-state index is 12.5. The lowest BCUT2D eigenvalue weighted by atomic mass is 10.1. The van der Waals surface area contributed by atoms with Gasteiger partial charge in [-0.3, -0.25) is 0 Å². The van der Waals surface area contributed by atoms with Crippen LogP contribution in [0.2, 0.25) is 0 Å². The first-order valence-corrected chi connectivity index (χ1v) is 5.75. The molecule has 0 aromatic heterocycles. The molecule has 0 saturated heterocycles. The predicted octanol–water partition coefficient (Wildman–Crippen LogP) is 2.01. The van der Waals surface area contributed by atoms with E-state index in [0.717, 1.165) is 0 Å². The number of amidine groups is 1. The van der Waals surface area contributed by atoms with Gasteiger partial charge in [-0.05, 0) is 12.1 Å². The molecule has 1 atom stereocenters. The zero-order chi connectivity index (χ0) is 15.0. The predicted molar refractivity (Wildman–Crippen MR) is 65.7 cm³/mol. The van der Waals surface area contributed by atoms with Crippen molar-refractivity contribution in [3.8, 4) is 5.75 Å². The van der Waals surface area contributed by atoms with Crippen molar-refractivity contribution in [1.29, 1.82) is 0 Å². The fourth-order valence-electron chi connectivity index (χ4n) is 1.35. The van der Waals surface area contributed by atoms with E-state index in [0.29, 0.717) is 5.75 Å². The van der Waals surface area contributed by atoms with E-state index in [1.807, 2.05) is 6.07 Å². The summed E-state index contributed by atoms with van der Waals surface area (Å²) in [5.41, 5.74) is 4.98. The maximum atomic E-state index is 12.5. The van der Waals surface area contributed by atoms with E-state index in [9.17, 15) is 13.2 Å². The number of nitrogens with zero attached hydrogens (tertiary/aromatic N) is 1. The highest BCUT2D eigenvalue weighted by molar-refractivity contribution is 5.83. The molecule has 1 unspecified atom stereocenters. The Kier molecular flexibility index (Phi) is 6.10. The number of ether oxygens (including phenoxy) is 2. The highest BCUT2D eigenvalue weighted by atomic mass is 19.4. The molecule has 0 bridgehead atoms. The van der Waals surface area contributed by atoms with Gasteiger partial charge >= 0.3 is 6.18 Å². The van der Waals surface area contributed by atoms with Crippen molar-refractivity contribution in [2.45, 2.75) is 6.18 Å². The summed E-state index contributed by atoms with van der Waals surface area (Å²) >= 11 is 0. The van der Waals surface area contributed by atoms with Gasteiger partial charge in [0.05, 0.1) is 13.2 Å². The maximum Gasteiger partial charge on any atom is 0.401 e. The first-order valence-electron chi connectivity index (χ1n) is 5.75. The van der Waals surface area contributed by atoms with Gasteiger partial charge in [-0.25, -0.2) is 0 Å². The van der Waals surface area contributed by atoms with Crippen molar-refractivity contribution >= 4 is 5.84 Å². The fraction of sp³-hybridized carbons (Fsp3) is 0.417. The van der Waals surface area contributed by atoms with Gasteiger partial charge in [0.25, 0.3) is 0 Å². The topological polar surface area (TPSA) is 77.1 Å². The molecule has 5 nitrogen and oxygen atoms in total. The lowest BCUT2D eigenvalue weighted by Crippen LogP contribution is -2.39. The molecule has 112 valence electrons. The van der Waals surface area contributed by atoms with Crippen LogP contribution in [0.3, 0.4) is 0 Å². The Hall–Kier alpha value is -1.96. The number of alkyl halides is 3. The Morgan fingerprint density at radius 2 is 1.90 bits per heavy atom. The molecule has 0 heterocycles. The van der Waals surface area contributed by atoms with Gasteiger partial charge in [0.15, 0.2) is 5.84 Å². The highest BCUT2D eigenvalue weighted by Crippen LogP contribution is 2.26. The monoisotopic (exact) mass is 292 g/mol. The van der Waals surface area contributed by atoms with Crippen LogP contribution in [0.4, 0.5) is 13.2 Å². The highest BCUT2D eigenvalue weighted by Gasteiger charge is 2.43. The molecule has 0 aliphatic carbocycles. The molecule has 0 aliphatic heterocycles. The smallest absolute Gasteiger partial charge is 0.401 e. The minimum absolute atomic E-state index is 0.0415. The molecule has 0 fully saturated rings. The van der Waals surface area contributed by atoms with E-state index in [2.05, 4.69) is 5.16 Å². The minimum Gasteiger partial charge on any atom is -0.491 e. The molecule has 1 aromatic rings. The second-order valence-corrected chi connectivity index (χ2v) is 3.86. The van der Waals surface area contributed by atoms with Gasteiger partial charge < -0.3 is 20.4 Å². The summed E-state index contributed by atoms with van der Waals surface area (Å²) in [5, 5.41) is 10.7. The molecule has 0 aliphatic rings. The Bertz CT molecular complexity index is 424. The van der Waals surface area contributed by atoms with Crippen molar-refractivity contribution in [1.82, 2.24) is 0 Å². The summed E-state index contributed by atoms with van der Waals surface area (Å²) in [6.45, 7) is -0.664. The van der Waals surface area contributed by atoms with E-state index >= 15 is 0 Å². The summed E-state index contributed by atoms with van der Waals surface area (Å²) in [4.78, 5) is 0. The third-order valence-corrected chi connectivity index (χ3v) is 2.39. The molecule has 0 saturated carbocycles. The van der Waals surface area contributed by atoms with Crippen LogP contribution in [0.25, 0.3) is 0 Å². The number of halogens is 3. The van der Waals surface area contributed by atoms with Crippen LogP contribution < -0.4 is 10.5 Å². The number of hydrogen-bond acceptors (Lipinski definition) is 4. The van der Waals surface area contributed by atoms with Gasteiger partial charge in [0.2, 0.25) is 0 Å². The van der Waals surface area contributed by atoms with Crippen LogP contribution in [0.5, 0.6) is 5.75 Å². The zero-order valence-electron chi connectivity index (χ0n) is 10.5. The van der Waals surface area contributed by atoms with E-state index in [1.54, 1.807) is 24.3 Å². The second-order valence-electron chi connectivity index (χ2n) is 3.86. The molecule has 1 rings (SSSR count). The Morgan fingerprint density at radius 3 is 2.45 bits per heavy atom. The van der Waals surface area contributed by atoms with Crippen LogP contribution in [0.15, 0.2) is 35.5 Å². The van der Waals surface area contributed by atoms with Crippen LogP contribution >= 0.6 is 0 Å². The Labute approximate surface area is 113 Å². The summed E-state index contributed by atoms with van der Waals surface area (Å²) in [6, 6.07) is 8.79. The quantitative estimate of drug-likeness (QED) is 0.265. The molecule has 0 amide bonds. The van der Waals surface area contributed by atoms with E-state index in [-0.39, 0.29) is 13.2 Å². The van der Waals surface area contributed by atoms with Crippen LogP contribution in [0.1, 0.15) is 0 Å². The standard InChI is InChI=1S/C12H15F3N2O3/c13-12(14,15)10(11(16)17-18)8-19-6-7-20-9-4-2-1-3-5-9/h1-5,10,18H,6-8H2,(H2,16,17). The van der Waals surface area contributed by atoms with E-state index in [4.69, 9.17) is 20.4 Å². The van der Waals surface area contributed by atoms with Gasteiger partial charge in [-0.1, -0.05) is 23.4 Å². The number of para-hydroxylation sites is 1. The van der Waals surface area contributed by atoms with Crippen LogP contribution in [-0.4, -0.2) is 37.0 Å². The van der Waals surface area contributed by atoms with Crippen molar-refractivity contribution in [3.63, 3.8) is 0 Å². The summed E-state index contributed by atoms with van der Waals surface area (Å²) in [5.74, 6) is -2.47. The van der Waals surface area contributed by atoms with Crippen molar-refractivity contribution in [2.75, 3.05) is 19.8 Å². The van der Waals surface area contributed by atoms with Crippen molar-refractivity contribution in [3.05, 3.63) is 30.3 Å². The average Bonchev–Trinajstić information content (AvgIpc) is 2.41.